The SMILES string of the molecule is c1ccc(-c2ccc(N(c3ccc4c(c3)C(c3ccccc3)(c3ccccc3)c3ccccc3-4)c3ccc4c5c(cccc35)-c3ccc(N(c5ccccc5)c5ccccc5)cc3O4)cc2)cc1. The van der Waals surface area contributed by atoms with Crippen LogP contribution in [-0.4, -0.2) is 0 Å². The van der Waals surface area contributed by atoms with Crippen LogP contribution in [0.15, 0.2) is 267 Å². The topological polar surface area (TPSA) is 15.7 Å². The second-order valence-corrected chi connectivity index (χ2v) is 17.6. The molecule has 13 rings (SSSR count). The number of rotatable bonds is 9. The summed E-state index contributed by atoms with van der Waals surface area (Å²) in [6.45, 7) is 0. The average molecular weight is 869 g/mol. The maximum atomic E-state index is 7.00. The van der Waals surface area contributed by atoms with E-state index in [1.165, 1.54) is 44.5 Å². The Labute approximate surface area is 397 Å². The Kier molecular flexibility index (Phi) is 9.40. The highest BCUT2D eigenvalue weighted by Crippen LogP contribution is 2.58. The molecule has 0 aromatic heterocycles. The average Bonchev–Trinajstić information content (AvgIpc) is 3.71. The summed E-state index contributed by atoms with van der Waals surface area (Å²) in [6.07, 6.45) is 0. The van der Waals surface area contributed by atoms with Gasteiger partial charge in [-0.2, -0.15) is 0 Å². The Hall–Kier alpha value is -8.92. The van der Waals surface area contributed by atoms with Crippen LogP contribution in [0.4, 0.5) is 34.1 Å². The summed E-state index contributed by atoms with van der Waals surface area (Å²) in [5.74, 6) is 1.67. The van der Waals surface area contributed by atoms with Gasteiger partial charge in [0.25, 0.3) is 0 Å². The molecule has 0 saturated carbocycles. The second kappa shape index (κ2) is 16.2. The molecule has 0 unspecified atom stereocenters. The third-order valence-electron chi connectivity index (χ3n) is 13.9. The monoisotopic (exact) mass is 868 g/mol. The first kappa shape index (κ1) is 39.4. The normalized spacial score (nSPS) is 12.6. The third kappa shape index (κ3) is 6.28. The fourth-order valence-corrected chi connectivity index (χ4v) is 11.0. The molecule has 3 heteroatoms. The van der Waals surface area contributed by atoms with Crippen molar-refractivity contribution in [3.8, 4) is 44.9 Å². The van der Waals surface area contributed by atoms with Gasteiger partial charge in [0.1, 0.15) is 11.5 Å². The molecule has 11 aromatic rings. The van der Waals surface area contributed by atoms with E-state index in [1.807, 2.05) is 0 Å². The summed E-state index contributed by atoms with van der Waals surface area (Å²) in [7, 11) is 0. The molecule has 0 bridgehead atoms. The van der Waals surface area contributed by atoms with Gasteiger partial charge in [-0.3, -0.25) is 0 Å². The number of nitrogens with zero attached hydrogens (tertiary/aromatic N) is 2. The van der Waals surface area contributed by atoms with Gasteiger partial charge in [0.05, 0.1) is 11.1 Å². The minimum absolute atomic E-state index is 0.541. The molecule has 0 radical (unpaired) electrons. The number of hydrogen-bond acceptors (Lipinski definition) is 3. The van der Waals surface area contributed by atoms with Crippen molar-refractivity contribution in [1.29, 1.82) is 0 Å². The van der Waals surface area contributed by atoms with Gasteiger partial charge in [-0.25, -0.2) is 0 Å². The van der Waals surface area contributed by atoms with Crippen LogP contribution < -0.4 is 14.5 Å². The van der Waals surface area contributed by atoms with Crippen LogP contribution in [0.1, 0.15) is 22.3 Å². The van der Waals surface area contributed by atoms with E-state index in [1.54, 1.807) is 0 Å². The predicted molar refractivity (Wildman–Crippen MR) is 282 cm³/mol. The quantitative estimate of drug-likeness (QED) is 0.144. The predicted octanol–water partition coefficient (Wildman–Crippen LogP) is 17.6. The lowest BCUT2D eigenvalue weighted by Gasteiger charge is -2.35. The number of anilines is 6. The molecular formula is C65H44N2O. The van der Waals surface area contributed by atoms with Crippen molar-refractivity contribution < 1.29 is 4.74 Å². The summed E-state index contributed by atoms with van der Waals surface area (Å²) < 4.78 is 7.00. The lowest BCUT2D eigenvalue weighted by atomic mass is 9.67. The Morgan fingerprint density at radius 3 is 1.46 bits per heavy atom. The van der Waals surface area contributed by atoms with Crippen molar-refractivity contribution >= 4 is 44.9 Å². The van der Waals surface area contributed by atoms with Gasteiger partial charge < -0.3 is 14.5 Å². The highest BCUT2D eigenvalue weighted by atomic mass is 16.5. The zero-order chi connectivity index (χ0) is 45.0. The largest absolute Gasteiger partial charge is 0.456 e. The number of fused-ring (bicyclic) bond motifs is 5. The summed E-state index contributed by atoms with van der Waals surface area (Å²) in [5, 5.41) is 2.20. The fourth-order valence-electron chi connectivity index (χ4n) is 11.0. The molecule has 1 aliphatic carbocycles. The zero-order valence-corrected chi connectivity index (χ0v) is 37.2. The van der Waals surface area contributed by atoms with Crippen molar-refractivity contribution in [3.05, 3.63) is 289 Å². The Morgan fingerprint density at radius 2 is 0.794 bits per heavy atom. The van der Waals surface area contributed by atoms with Crippen LogP contribution in [0, 0.1) is 0 Å². The van der Waals surface area contributed by atoms with E-state index in [4.69, 9.17) is 4.74 Å². The van der Waals surface area contributed by atoms with Gasteiger partial charge in [-0.05, 0) is 123 Å². The molecule has 0 saturated heterocycles. The standard InChI is InChI=1S/C65H44N2O/c1-6-19-45(20-7-1)46-33-35-51(36-34-46)67(52-37-39-55-54-29-16-17-32-59(54)65(60(55)43-52,47-21-8-2-9-22-47)48-23-10-3-11-24-48)61-41-42-62-64-57(30-18-31-58(61)64)56-40-38-53(44-63(56)68-62)66(49-25-12-4-13-26-49)50-27-14-5-15-28-50/h1-44H. The van der Waals surface area contributed by atoms with E-state index >= 15 is 0 Å². The minimum Gasteiger partial charge on any atom is -0.456 e. The highest BCUT2D eigenvalue weighted by molar-refractivity contribution is 6.11. The second-order valence-electron chi connectivity index (χ2n) is 17.6. The van der Waals surface area contributed by atoms with E-state index in [0.717, 1.165) is 67.5 Å². The van der Waals surface area contributed by atoms with Crippen molar-refractivity contribution in [1.82, 2.24) is 0 Å². The highest BCUT2D eigenvalue weighted by Gasteiger charge is 2.46. The summed E-state index contributed by atoms with van der Waals surface area (Å²) >= 11 is 0. The number of para-hydroxylation sites is 2. The van der Waals surface area contributed by atoms with Gasteiger partial charge in [0.15, 0.2) is 0 Å². The smallest absolute Gasteiger partial charge is 0.137 e. The van der Waals surface area contributed by atoms with E-state index in [0.29, 0.717) is 0 Å². The van der Waals surface area contributed by atoms with Crippen LogP contribution in [0.5, 0.6) is 11.5 Å². The molecule has 11 aromatic carbocycles. The lowest BCUT2D eigenvalue weighted by molar-refractivity contribution is 0.487. The molecule has 1 heterocycles. The van der Waals surface area contributed by atoms with Gasteiger partial charge in [0, 0.05) is 50.8 Å². The van der Waals surface area contributed by atoms with Crippen LogP contribution in [0.3, 0.4) is 0 Å². The van der Waals surface area contributed by atoms with E-state index in [-0.39, 0.29) is 0 Å². The number of hydrogen-bond donors (Lipinski definition) is 0. The van der Waals surface area contributed by atoms with E-state index in [2.05, 4.69) is 277 Å². The minimum atomic E-state index is -0.541. The molecule has 68 heavy (non-hydrogen) atoms. The van der Waals surface area contributed by atoms with Crippen molar-refractivity contribution in [2.45, 2.75) is 5.41 Å². The third-order valence-corrected chi connectivity index (χ3v) is 13.9. The van der Waals surface area contributed by atoms with Crippen molar-refractivity contribution in [3.63, 3.8) is 0 Å². The maximum Gasteiger partial charge on any atom is 0.137 e. The first-order valence-corrected chi connectivity index (χ1v) is 23.3. The van der Waals surface area contributed by atoms with Crippen molar-refractivity contribution in [2.24, 2.45) is 0 Å². The first-order valence-electron chi connectivity index (χ1n) is 23.3. The molecule has 0 spiro atoms. The molecular weight excluding hydrogens is 825 g/mol. The maximum absolute atomic E-state index is 7.00. The molecule has 0 fully saturated rings. The Bertz CT molecular complexity index is 3550. The van der Waals surface area contributed by atoms with Crippen LogP contribution in [0.25, 0.3) is 44.2 Å². The van der Waals surface area contributed by atoms with E-state index in [9.17, 15) is 0 Å². The summed E-state index contributed by atoms with van der Waals surface area (Å²) in [6, 6.07) is 96.5. The number of ether oxygens (including phenoxy) is 1. The Balaban J connectivity index is 1.00. The van der Waals surface area contributed by atoms with Crippen LogP contribution >= 0.6 is 0 Å². The molecule has 0 amide bonds. The zero-order valence-electron chi connectivity index (χ0n) is 37.2. The van der Waals surface area contributed by atoms with Gasteiger partial charge in [-0.1, -0.05) is 188 Å². The Morgan fingerprint density at radius 1 is 0.294 bits per heavy atom. The fraction of sp³-hybridized carbons (Fsp3) is 0.0154. The summed E-state index contributed by atoms with van der Waals surface area (Å²) in [5.41, 5.74) is 18.0. The van der Waals surface area contributed by atoms with Gasteiger partial charge in [0.2, 0.25) is 0 Å². The molecule has 0 atom stereocenters. The lowest BCUT2D eigenvalue weighted by Crippen LogP contribution is -2.28. The van der Waals surface area contributed by atoms with Gasteiger partial charge >= 0.3 is 0 Å². The first-order chi connectivity index (χ1) is 33.7. The van der Waals surface area contributed by atoms with Crippen LogP contribution in [0.2, 0.25) is 0 Å². The summed E-state index contributed by atoms with van der Waals surface area (Å²) in [4.78, 5) is 4.72. The number of benzene rings is 11. The molecule has 0 N–H and O–H groups in total. The molecule has 320 valence electrons. The molecule has 1 aliphatic heterocycles. The molecule has 3 nitrogen and oxygen atoms in total. The van der Waals surface area contributed by atoms with Crippen molar-refractivity contribution in [2.75, 3.05) is 9.80 Å². The van der Waals surface area contributed by atoms with Gasteiger partial charge in [-0.15, -0.1) is 0 Å². The molecule has 2 aliphatic rings. The van der Waals surface area contributed by atoms with E-state index < -0.39 is 5.41 Å². The van der Waals surface area contributed by atoms with Crippen LogP contribution in [-0.2, 0) is 5.41 Å².